The first-order chi connectivity index (χ1) is 12.2. The molecule has 25 heavy (non-hydrogen) atoms. The summed E-state index contributed by atoms with van der Waals surface area (Å²) in [6, 6.07) is 3.84. The number of hydrogen-bond donors (Lipinski definition) is 0. The van der Waals surface area contributed by atoms with Crippen molar-refractivity contribution in [2.24, 2.45) is 13.0 Å². The zero-order chi connectivity index (χ0) is 17.2. The lowest BCUT2D eigenvalue weighted by molar-refractivity contribution is 0.202. The fourth-order valence-corrected chi connectivity index (χ4v) is 4.51. The predicted octanol–water partition coefficient (Wildman–Crippen LogP) is 4.02. The van der Waals surface area contributed by atoms with Gasteiger partial charge in [-0.2, -0.15) is 0 Å². The van der Waals surface area contributed by atoms with E-state index >= 15 is 0 Å². The van der Waals surface area contributed by atoms with E-state index in [1.165, 1.54) is 48.1 Å². The van der Waals surface area contributed by atoms with Crippen molar-refractivity contribution in [2.45, 2.75) is 32.1 Å². The van der Waals surface area contributed by atoms with E-state index in [1.54, 1.807) is 19.4 Å². The van der Waals surface area contributed by atoms with Gasteiger partial charge >= 0.3 is 0 Å². The molecule has 1 saturated carbocycles. The number of aryl methyl sites for hydroxylation is 1. The average molecular weight is 355 g/mol. The van der Waals surface area contributed by atoms with Crippen molar-refractivity contribution in [3.8, 4) is 17.0 Å². The van der Waals surface area contributed by atoms with E-state index in [4.69, 9.17) is 4.74 Å². The fraction of sp³-hybridized carbons (Fsp3) is 0.421. The topological polar surface area (TPSA) is 57.0 Å². The van der Waals surface area contributed by atoms with Crippen LogP contribution in [0.25, 0.3) is 21.2 Å². The minimum Gasteiger partial charge on any atom is -0.475 e. The van der Waals surface area contributed by atoms with Crippen molar-refractivity contribution < 1.29 is 4.74 Å². The minimum atomic E-state index is -0.0897. The Bertz CT molecular complexity index is 927. The molecule has 0 amide bonds. The summed E-state index contributed by atoms with van der Waals surface area (Å²) < 4.78 is 8.29. The van der Waals surface area contributed by atoms with E-state index in [9.17, 15) is 4.79 Å². The second-order valence-corrected chi connectivity index (χ2v) is 7.52. The normalized spacial score (nSPS) is 15.6. The lowest BCUT2D eigenvalue weighted by Gasteiger charge is -2.21. The van der Waals surface area contributed by atoms with E-state index < -0.39 is 0 Å². The quantitative estimate of drug-likeness (QED) is 0.709. The van der Waals surface area contributed by atoms with Crippen molar-refractivity contribution >= 4 is 21.4 Å². The van der Waals surface area contributed by atoms with Crippen molar-refractivity contribution in [3.63, 3.8) is 0 Å². The molecule has 0 spiro atoms. The van der Waals surface area contributed by atoms with E-state index in [1.807, 2.05) is 17.5 Å². The number of thiophene rings is 1. The first kappa shape index (κ1) is 16.3. The lowest BCUT2D eigenvalue weighted by atomic mass is 9.90. The van der Waals surface area contributed by atoms with Gasteiger partial charge in [0.2, 0.25) is 5.88 Å². The van der Waals surface area contributed by atoms with Crippen LogP contribution in [0, 0.1) is 5.92 Å². The average Bonchev–Trinajstić information content (AvgIpc) is 3.11. The van der Waals surface area contributed by atoms with Crippen LogP contribution in [-0.2, 0) is 7.05 Å². The highest BCUT2D eigenvalue weighted by atomic mass is 32.1. The molecule has 6 heteroatoms. The number of fused-ring (bicyclic) bond motifs is 1. The zero-order valence-electron chi connectivity index (χ0n) is 14.3. The van der Waals surface area contributed by atoms with Crippen LogP contribution in [0.1, 0.15) is 32.1 Å². The maximum atomic E-state index is 12.7. The summed E-state index contributed by atoms with van der Waals surface area (Å²) in [6.45, 7) is 0.683. The number of aromatic nitrogens is 3. The largest absolute Gasteiger partial charge is 0.475 e. The Morgan fingerprint density at radius 2 is 2.00 bits per heavy atom. The first-order valence-corrected chi connectivity index (χ1v) is 9.63. The Labute approximate surface area is 150 Å². The van der Waals surface area contributed by atoms with E-state index in [2.05, 4.69) is 10.1 Å². The molecule has 3 aromatic rings. The SMILES string of the molecule is Cn1nc(OCC2CCCCC2)c2scc(-c3ccncc3)c2c1=O. The van der Waals surface area contributed by atoms with Gasteiger partial charge in [0.05, 0.1) is 12.0 Å². The van der Waals surface area contributed by atoms with Gasteiger partial charge in [-0.3, -0.25) is 9.78 Å². The van der Waals surface area contributed by atoms with Crippen LogP contribution >= 0.6 is 11.3 Å². The van der Waals surface area contributed by atoms with Gasteiger partial charge < -0.3 is 4.74 Å². The Balaban J connectivity index is 1.72. The van der Waals surface area contributed by atoms with Crippen LogP contribution in [0.2, 0.25) is 0 Å². The van der Waals surface area contributed by atoms with Crippen LogP contribution in [0.5, 0.6) is 5.88 Å². The number of rotatable bonds is 4. The molecule has 4 rings (SSSR count). The molecule has 1 fully saturated rings. The molecule has 0 N–H and O–H groups in total. The second-order valence-electron chi connectivity index (χ2n) is 6.64. The first-order valence-electron chi connectivity index (χ1n) is 8.76. The Morgan fingerprint density at radius 3 is 2.76 bits per heavy atom. The lowest BCUT2D eigenvalue weighted by Crippen LogP contribution is -2.22. The second kappa shape index (κ2) is 6.96. The number of ether oxygens (including phenoxy) is 1. The van der Waals surface area contributed by atoms with Gasteiger partial charge in [-0.1, -0.05) is 19.3 Å². The molecule has 3 aromatic heterocycles. The molecule has 0 aliphatic heterocycles. The highest BCUT2D eigenvalue weighted by Crippen LogP contribution is 2.36. The molecule has 0 atom stereocenters. The van der Waals surface area contributed by atoms with Crippen molar-refractivity contribution in [2.75, 3.05) is 6.61 Å². The van der Waals surface area contributed by atoms with Crippen LogP contribution < -0.4 is 10.3 Å². The number of pyridine rings is 1. The summed E-state index contributed by atoms with van der Waals surface area (Å²) in [7, 11) is 1.68. The van der Waals surface area contributed by atoms with Gasteiger partial charge in [0.25, 0.3) is 5.56 Å². The van der Waals surface area contributed by atoms with E-state index in [0.717, 1.165) is 15.8 Å². The molecule has 1 aliphatic rings. The minimum absolute atomic E-state index is 0.0897. The summed E-state index contributed by atoms with van der Waals surface area (Å²) in [5.74, 6) is 1.18. The zero-order valence-corrected chi connectivity index (χ0v) is 15.1. The van der Waals surface area contributed by atoms with Gasteiger partial charge in [0.1, 0.15) is 4.70 Å². The highest BCUT2D eigenvalue weighted by Gasteiger charge is 2.19. The maximum absolute atomic E-state index is 12.7. The summed E-state index contributed by atoms with van der Waals surface area (Å²) in [5.41, 5.74) is 1.82. The Kier molecular flexibility index (Phi) is 4.53. The highest BCUT2D eigenvalue weighted by molar-refractivity contribution is 7.18. The van der Waals surface area contributed by atoms with Gasteiger partial charge in [-0.15, -0.1) is 16.4 Å². The van der Waals surface area contributed by atoms with E-state index in [0.29, 0.717) is 23.8 Å². The van der Waals surface area contributed by atoms with Gasteiger partial charge in [-0.05, 0) is 36.5 Å². The molecule has 5 nitrogen and oxygen atoms in total. The molecule has 0 radical (unpaired) electrons. The van der Waals surface area contributed by atoms with Crippen molar-refractivity contribution in [1.29, 1.82) is 0 Å². The molecule has 130 valence electrons. The third-order valence-electron chi connectivity index (χ3n) is 4.91. The number of hydrogen-bond acceptors (Lipinski definition) is 5. The third kappa shape index (κ3) is 3.18. The fourth-order valence-electron chi connectivity index (χ4n) is 3.51. The van der Waals surface area contributed by atoms with Crippen LogP contribution in [0.15, 0.2) is 34.7 Å². The number of nitrogens with zero attached hydrogens (tertiary/aromatic N) is 3. The smallest absolute Gasteiger partial charge is 0.276 e. The Hall–Kier alpha value is -2.21. The van der Waals surface area contributed by atoms with Crippen LogP contribution in [0.4, 0.5) is 0 Å². The maximum Gasteiger partial charge on any atom is 0.276 e. The summed E-state index contributed by atoms with van der Waals surface area (Å²) in [4.78, 5) is 16.7. The molecule has 0 saturated heterocycles. The summed E-state index contributed by atoms with van der Waals surface area (Å²) in [5, 5.41) is 7.07. The van der Waals surface area contributed by atoms with Gasteiger partial charge in [0, 0.05) is 30.4 Å². The molecule has 0 bridgehead atoms. The molecule has 1 aliphatic carbocycles. The molecular formula is C19H21N3O2S. The summed E-state index contributed by atoms with van der Waals surface area (Å²) >= 11 is 1.52. The van der Waals surface area contributed by atoms with Crippen LogP contribution in [0.3, 0.4) is 0 Å². The van der Waals surface area contributed by atoms with Gasteiger partial charge in [0.15, 0.2) is 0 Å². The molecule has 0 unspecified atom stereocenters. The van der Waals surface area contributed by atoms with Gasteiger partial charge in [-0.25, -0.2) is 4.68 Å². The van der Waals surface area contributed by atoms with Crippen LogP contribution in [-0.4, -0.2) is 21.4 Å². The van der Waals surface area contributed by atoms with Crippen molar-refractivity contribution in [3.05, 3.63) is 40.3 Å². The third-order valence-corrected chi connectivity index (χ3v) is 5.87. The predicted molar refractivity (Wildman–Crippen MR) is 100 cm³/mol. The molecule has 0 aromatic carbocycles. The standard InChI is InChI=1S/C19H21N3O2S/c1-22-19(23)16-15(14-7-9-20-10-8-14)12-25-17(16)18(21-22)24-11-13-5-3-2-4-6-13/h7-10,12-13H,2-6,11H2,1H3. The molecule has 3 heterocycles. The summed E-state index contributed by atoms with van der Waals surface area (Å²) in [6.07, 6.45) is 9.84. The van der Waals surface area contributed by atoms with E-state index in [-0.39, 0.29) is 5.56 Å². The van der Waals surface area contributed by atoms with Crippen molar-refractivity contribution in [1.82, 2.24) is 14.8 Å². The molecular weight excluding hydrogens is 334 g/mol. The Morgan fingerprint density at radius 1 is 1.24 bits per heavy atom. The monoisotopic (exact) mass is 355 g/mol.